The summed E-state index contributed by atoms with van der Waals surface area (Å²) in [4.78, 5) is 21.0. The van der Waals surface area contributed by atoms with Gasteiger partial charge in [0.15, 0.2) is 0 Å². The van der Waals surface area contributed by atoms with Crippen molar-refractivity contribution >= 4 is 11.9 Å². The molecule has 0 saturated carbocycles. The Bertz CT molecular complexity index is 293. The second kappa shape index (κ2) is 13.8. The van der Waals surface area contributed by atoms with E-state index in [-0.39, 0.29) is 16.8 Å². The van der Waals surface area contributed by atoms with E-state index in [9.17, 15) is 19.8 Å². The summed E-state index contributed by atoms with van der Waals surface area (Å²) in [6.45, 7) is 11.1. The first-order valence-electron chi connectivity index (χ1n) is 8.44. The summed E-state index contributed by atoms with van der Waals surface area (Å²) in [5.41, 5.74) is -1.29. The third kappa shape index (κ3) is 14.8. The molecule has 0 saturated heterocycles. The Morgan fingerprint density at radius 1 is 0.696 bits per heavy atom. The van der Waals surface area contributed by atoms with Crippen LogP contribution in [0.15, 0.2) is 0 Å². The van der Waals surface area contributed by atoms with E-state index in [2.05, 4.69) is 13.8 Å². The number of carboxylic acids is 2. The molecule has 0 N–H and O–H groups in total. The topological polar surface area (TPSA) is 80.3 Å². The Morgan fingerprint density at radius 3 is 1.13 bits per heavy atom. The van der Waals surface area contributed by atoms with Crippen LogP contribution in [0.1, 0.15) is 92.9 Å². The molecule has 0 atom stereocenters. The Kier molecular flexibility index (Phi) is 16.4. The quantitative estimate of drug-likeness (QED) is 0.552. The average Bonchev–Trinajstić information content (AvgIpc) is 2.39. The zero-order valence-electron chi connectivity index (χ0n) is 15.6. The van der Waals surface area contributed by atoms with Crippen molar-refractivity contribution in [2.24, 2.45) is 10.8 Å². The third-order valence-corrected chi connectivity index (χ3v) is 3.92. The van der Waals surface area contributed by atoms with Crippen molar-refractivity contribution < 1.29 is 36.6 Å². The van der Waals surface area contributed by atoms with Gasteiger partial charge in [0.2, 0.25) is 0 Å². The van der Waals surface area contributed by atoms with Crippen molar-refractivity contribution in [3.63, 3.8) is 0 Å². The van der Waals surface area contributed by atoms with E-state index < -0.39 is 22.8 Å². The molecule has 0 rings (SSSR count). The molecule has 0 aromatic carbocycles. The molecule has 0 aliphatic rings. The predicted molar refractivity (Wildman–Crippen MR) is 85.9 cm³/mol. The standard InChI is InChI=1S/2C9H18O2.Co/c2*1-4-5-6-7-9(2,3)8(10)11;/h2*4-7H2,1-3H3,(H,10,11);/q;;+2/p-2. The molecule has 139 valence electrons. The monoisotopic (exact) mass is 373 g/mol. The summed E-state index contributed by atoms with van der Waals surface area (Å²) in [5, 5.41) is 21.0. The third-order valence-electron chi connectivity index (χ3n) is 3.92. The Hall–Kier alpha value is -0.554. The predicted octanol–water partition coefficient (Wildman–Crippen LogP) is 2.68. The number of hydrogen-bond donors (Lipinski definition) is 0. The van der Waals surface area contributed by atoms with Crippen LogP contribution in [0.2, 0.25) is 0 Å². The van der Waals surface area contributed by atoms with E-state index in [1.54, 1.807) is 27.7 Å². The molecule has 5 heteroatoms. The maximum Gasteiger partial charge on any atom is 2.00 e. The second-order valence-electron chi connectivity index (χ2n) is 7.26. The Labute approximate surface area is 152 Å². The molecular weight excluding hydrogens is 339 g/mol. The molecular formula is C18H34CoO4. The average molecular weight is 373 g/mol. The number of hydrogen-bond acceptors (Lipinski definition) is 4. The molecule has 0 aliphatic heterocycles. The summed E-state index contributed by atoms with van der Waals surface area (Å²) in [5.74, 6) is -1.87. The van der Waals surface area contributed by atoms with E-state index in [0.717, 1.165) is 51.4 Å². The SMILES string of the molecule is CCCCCC(C)(C)C(=O)[O-].CCCCCC(C)(C)C(=O)[O-].[Co+2]. The fourth-order valence-corrected chi connectivity index (χ4v) is 1.84. The first kappa shape index (κ1) is 27.3. The molecule has 0 unspecified atom stereocenters. The van der Waals surface area contributed by atoms with Crippen molar-refractivity contribution in [1.29, 1.82) is 0 Å². The van der Waals surface area contributed by atoms with E-state index in [0.29, 0.717) is 0 Å². The van der Waals surface area contributed by atoms with E-state index in [1.165, 1.54) is 0 Å². The minimum atomic E-state index is -0.936. The van der Waals surface area contributed by atoms with Crippen LogP contribution < -0.4 is 10.2 Å². The molecule has 0 amide bonds. The molecule has 0 fully saturated rings. The van der Waals surface area contributed by atoms with Gasteiger partial charge < -0.3 is 19.8 Å². The van der Waals surface area contributed by atoms with Crippen molar-refractivity contribution in [3.8, 4) is 0 Å². The van der Waals surface area contributed by atoms with Crippen molar-refractivity contribution in [2.45, 2.75) is 92.9 Å². The minimum absolute atomic E-state index is 0. The van der Waals surface area contributed by atoms with Crippen LogP contribution in [0.3, 0.4) is 0 Å². The number of carbonyl (C=O) groups is 2. The fourth-order valence-electron chi connectivity index (χ4n) is 1.84. The number of rotatable bonds is 10. The molecule has 0 aliphatic carbocycles. The second-order valence-corrected chi connectivity index (χ2v) is 7.26. The van der Waals surface area contributed by atoms with Gasteiger partial charge in [-0.1, -0.05) is 80.1 Å². The van der Waals surface area contributed by atoms with E-state index in [1.807, 2.05) is 0 Å². The van der Waals surface area contributed by atoms with Gasteiger partial charge in [-0.25, -0.2) is 0 Å². The van der Waals surface area contributed by atoms with Gasteiger partial charge in [0, 0.05) is 22.8 Å². The molecule has 0 bridgehead atoms. The minimum Gasteiger partial charge on any atom is -0.550 e. The van der Waals surface area contributed by atoms with Gasteiger partial charge in [0.1, 0.15) is 0 Å². The van der Waals surface area contributed by atoms with Gasteiger partial charge in [0.05, 0.1) is 0 Å². The van der Waals surface area contributed by atoms with Gasteiger partial charge in [-0.15, -0.1) is 0 Å². The van der Waals surface area contributed by atoms with Crippen LogP contribution in [0, 0.1) is 10.8 Å². The maximum atomic E-state index is 10.5. The molecule has 23 heavy (non-hydrogen) atoms. The Morgan fingerprint density at radius 2 is 0.957 bits per heavy atom. The summed E-state index contributed by atoms with van der Waals surface area (Å²) < 4.78 is 0. The molecule has 1 radical (unpaired) electrons. The van der Waals surface area contributed by atoms with Crippen LogP contribution in [0.25, 0.3) is 0 Å². The number of unbranched alkanes of at least 4 members (excludes halogenated alkanes) is 4. The molecule has 0 aromatic heterocycles. The first-order chi connectivity index (χ1) is 10.0. The smallest absolute Gasteiger partial charge is 0.550 e. The molecule has 0 aromatic rings. The first-order valence-corrected chi connectivity index (χ1v) is 8.44. The van der Waals surface area contributed by atoms with E-state index in [4.69, 9.17) is 0 Å². The number of carbonyl (C=O) groups excluding carboxylic acids is 2. The van der Waals surface area contributed by atoms with Crippen LogP contribution in [0.5, 0.6) is 0 Å². The summed E-state index contributed by atoms with van der Waals surface area (Å²) in [6.07, 6.45) is 7.89. The van der Waals surface area contributed by atoms with Gasteiger partial charge in [-0.2, -0.15) is 0 Å². The number of carboxylic acid groups (broad SMARTS) is 2. The van der Waals surface area contributed by atoms with Crippen LogP contribution in [-0.4, -0.2) is 11.9 Å². The maximum absolute atomic E-state index is 10.5. The summed E-state index contributed by atoms with van der Waals surface area (Å²) in [6, 6.07) is 0. The van der Waals surface area contributed by atoms with Gasteiger partial charge >= 0.3 is 16.8 Å². The Balaban J connectivity index is -0.000000333. The van der Waals surface area contributed by atoms with Gasteiger partial charge in [-0.3, -0.25) is 0 Å². The van der Waals surface area contributed by atoms with Crippen LogP contribution >= 0.6 is 0 Å². The van der Waals surface area contributed by atoms with Crippen molar-refractivity contribution in [2.75, 3.05) is 0 Å². The van der Waals surface area contributed by atoms with Gasteiger partial charge in [0.25, 0.3) is 0 Å². The van der Waals surface area contributed by atoms with Crippen molar-refractivity contribution in [3.05, 3.63) is 0 Å². The zero-order chi connectivity index (χ0) is 17.8. The molecule has 0 spiro atoms. The number of aliphatic carboxylic acids is 2. The van der Waals surface area contributed by atoms with E-state index >= 15 is 0 Å². The molecule has 4 nitrogen and oxygen atoms in total. The molecule has 0 heterocycles. The summed E-state index contributed by atoms with van der Waals surface area (Å²) in [7, 11) is 0. The summed E-state index contributed by atoms with van der Waals surface area (Å²) >= 11 is 0. The normalized spacial score (nSPS) is 11.0. The van der Waals surface area contributed by atoms with Crippen LogP contribution in [-0.2, 0) is 26.4 Å². The van der Waals surface area contributed by atoms with Crippen LogP contribution in [0.4, 0.5) is 0 Å². The van der Waals surface area contributed by atoms with Gasteiger partial charge in [-0.05, 0) is 12.8 Å². The fraction of sp³-hybridized carbons (Fsp3) is 0.889. The van der Waals surface area contributed by atoms with Crippen molar-refractivity contribution in [1.82, 2.24) is 0 Å². The largest absolute Gasteiger partial charge is 2.00 e. The zero-order valence-corrected chi connectivity index (χ0v) is 16.7.